The van der Waals surface area contributed by atoms with Crippen molar-refractivity contribution >= 4 is 17.5 Å². The minimum atomic E-state index is -0.236. The maximum absolute atomic E-state index is 11.4. The number of carbonyl (C=O) groups is 1. The van der Waals surface area contributed by atoms with E-state index in [1.807, 2.05) is 6.92 Å². The second-order valence-electron chi connectivity index (χ2n) is 3.60. The van der Waals surface area contributed by atoms with Crippen molar-refractivity contribution < 1.29 is 4.79 Å². The number of ketones is 1. The molecule has 0 bridgehead atoms. The topological polar surface area (TPSA) is 80.6 Å². The quantitative estimate of drug-likeness (QED) is 0.843. The molecule has 1 N–H and O–H groups in total. The van der Waals surface area contributed by atoms with E-state index in [0.29, 0.717) is 22.3 Å². The van der Waals surface area contributed by atoms with Crippen LogP contribution in [0.15, 0.2) is 33.3 Å². The van der Waals surface area contributed by atoms with Gasteiger partial charge in [-0.15, -0.1) is 5.10 Å². The van der Waals surface area contributed by atoms with Gasteiger partial charge in [-0.3, -0.25) is 9.36 Å². The lowest BCUT2D eigenvalue weighted by molar-refractivity contribution is 0.101. The molecular weight excluding hydrogens is 252 g/mol. The summed E-state index contributed by atoms with van der Waals surface area (Å²) in [6, 6.07) is 3.44. The Kier molecular flexibility index (Phi) is 3.61. The van der Waals surface area contributed by atoms with Gasteiger partial charge in [-0.2, -0.15) is 0 Å². The molecule has 0 aliphatic heterocycles. The van der Waals surface area contributed by atoms with Gasteiger partial charge in [0.05, 0.1) is 0 Å². The van der Waals surface area contributed by atoms with Crippen molar-refractivity contribution in [2.24, 2.45) is 0 Å². The van der Waals surface area contributed by atoms with Crippen LogP contribution in [-0.2, 0) is 6.54 Å². The molecule has 18 heavy (non-hydrogen) atoms. The lowest BCUT2D eigenvalue weighted by atomic mass is 10.2. The number of hydrogen-bond donors (Lipinski definition) is 1. The molecule has 0 saturated carbocycles. The van der Waals surface area contributed by atoms with Crippen molar-refractivity contribution in [2.45, 2.75) is 30.6 Å². The van der Waals surface area contributed by atoms with Crippen molar-refractivity contribution in [1.29, 1.82) is 0 Å². The summed E-state index contributed by atoms with van der Waals surface area (Å²) in [5.74, 6) is -0.0238. The molecule has 0 aromatic carbocycles. The molecule has 94 valence electrons. The maximum atomic E-state index is 11.4. The number of nitrogens with one attached hydrogen (secondary N) is 1. The molecule has 2 aromatic rings. The Balaban J connectivity index is 2.23. The fraction of sp³-hybridized carbons (Fsp3) is 0.273. The first kappa shape index (κ1) is 12.6. The highest BCUT2D eigenvalue weighted by atomic mass is 32.2. The summed E-state index contributed by atoms with van der Waals surface area (Å²) < 4.78 is 1.52. The third kappa shape index (κ3) is 2.51. The van der Waals surface area contributed by atoms with Crippen molar-refractivity contribution in [3.05, 3.63) is 34.4 Å². The second kappa shape index (κ2) is 5.18. The van der Waals surface area contributed by atoms with E-state index in [1.54, 1.807) is 12.1 Å². The Hall–Kier alpha value is -1.89. The standard InChI is InChI=1S/C11H12N4O2S/c1-3-15-10(17)13-14-11(15)18-9-5-4-8(6-12-9)7(2)16/h4-6H,3H2,1-2H3,(H,13,17). The molecule has 0 saturated heterocycles. The van der Waals surface area contributed by atoms with Gasteiger partial charge >= 0.3 is 5.69 Å². The second-order valence-corrected chi connectivity index (χ2v) is 4.59. The summed E-state index contributed by atoms with van der Waals surface area (Å²) in [6.07, 6.45) is 1.52. The molecule has 0 aliphatic carbocycles. The average Bonchev–Trinajstić information content (AvgIpc) is 2.70. The third-order valence-electron chi connectivity index (χ3n) is 2.38. The fourth-order valence-corrected chi connectivity index (χ4v) is 2.24. The van der Waals surface area contributed by atoms with E-state index in [0.717, 1.165) is 0 Å². The predicted octanol–water partition coefficient (Wildman–Crippen LogP) is 1.34. The van der Waals surface area contributed by atoms with E-state index in [2.05, 4.69) is 15.2 Å². The van der Waals surface area contributed by atoms with Crippen molar-refractivity contribution in [2.75, 3.05) is 0 Å². The Labute approximate surface area is 107 Å². The highest BCUT2D eigenvalue weighted by Gasteiger charge is 2.09. The summed E-state index contributed by atoms with van der Waals surface area (Å²) in [5.41, 5.74) is 0.328. The van der Waals surface area contributed by atoms with Gasteiger partial charge in [0.2, 0.25) is 0 Å². The number of carbonyl (C=O) groups excluding carboxylic acids is 1. The lowest BCUT2D eigenvalue weighted by Crippen LogP contribution is -2.16. The van der Waals surface area contributed by atoms with Crippen LogP contribution in [0.4, 0.5) is 0 Å². The SMILES string of the molecule is CCn1c(Sc2ccc(C(C)=O)cn2)n[nH]c1=O. The molecule has 2 rings (SSSR count). The van der Waals surface area contributed by atoms with Crippen molar-refractivity contribution in [1.82, 2.24) is 19.7 Å². The van der Waals surface area contributed by atoms with Crippen LogP contribution in [-0.4, -0.2) is 25.5 Å². The van der Waals surface area contributed by atoms with Crippen LogP contribution in [0, 0.1) is 0 Å². The van der Waals surface area contributed by atoms with E-state index in [1.165, 1.54) is 29.4 Å². The van der Waals surface area contributed by atoms with Crippen LogP contribution in [0.1, 0.15) is 24.2 Å². The first-order valence-corrected chi connectivity index (χ1v) is 6.23. The van der Waals surface area contributed by atoms with E-state index >= 15 is 0 Å². The zero-order valence-electron chi connectivity index (χ0n) is 10.0. The van der Waals surface area contributed by atoms with E-state index < -0.39 is 0 Å². The van der Waals surface area contributed by atoms with Gasteiger partial charge in [0.1, 0.15) is 5.03 Å². The molecule has 0 atom stereocenters. The van der Waals surface area contributed by atoms with E-state index in [9.17, 15) is 9.59 Å². The van der Waals surface area contributed by atoms with Gasteiger partial charge in [-0.1, -0.05) is 0 Å². The number of Topliss-reactive ketones (excluding diaryl/α,β-unsaturated/α-hetero) is 1. The largest absolute Gasteiger partial charge is 0.343 e. The number of aromatic nitrogens is 4. The Morgan fingerprint density at radius 2 is 2.28 bits per heavy atom. The highest BCUT2D eigenvalue weighted by Crippen LogP contribution is 2.22. The van der Waals surface area contributed by atoms with Gasteiger partial charge in [0.25, 0.3) is 0 Å². The molecule has 6 nitrogen and oxygen atoms in total. The van der Waals surface area contributed by atoms with Crippen LogP contribution in [0.5, 0.6) is 0 Å². The molecule has 0 spiro atoms. The fourth-order valence-electron chi connectivity index (χ4n) is 1.40. The number of H-pyrrole nitrogens is 1. The molecule has 0 amide bonds. The number of hydrogen-bond acceptors (Lipinski definition) is 5. The van der Waals surface area contributed by atoms with Crippen molar-refractivity contribution in [3.8, 4) is 0 Å². The van der Waals surface area contributed by atoms with Crippen LogP contribution < -0.4 is 5.69 Å². The Morgan fingerprint density at radius 1 is 1.50 bits per heavy atom. The molecule has 2 heterocycles. The van der Waals surface area contributed by atoms with Crippen molar-refractivity contribution in [3.63, 3.8) is 0 Å². The minimum Gasteiger partial charge on any atom is -0.294 e. The van der Waals surface area contributed by atoms with E-state index in [-0.39, 0.29) is 11.5 Å². The number of nitrogens with zero attached hydrogens (tertiary/aromatic N) is 3. The minimum absolute atomic E-state index is 0.0238. The van der Waals surface area contributed by atoms with Crippen LogP contribution >= 0.6 is 11.8 Å². The van der Waals surface area contributed by atoms with Gasteiger partial charge in [0, 0.05) is 18.3 Å². The summed E-state index contributed by atoms with van der Waals surface area (Å²) >= 11 is 1.28. The molecule has 0 unspecified atom stereocenters. The summed E-state index contributed by atoms with van der Waals surface area (Å²) in [5, 5.41) is 7.56. The van der Waals surface area contributed by atoms with Crippen LogP contribution in [0.2, 0.25) is 0 Å². The first-order valence-electron chi connectivity index (χ1n) is 5.42. The summed E-state index contributed by atoms with van der Waals surface area (Å²) in [6.45, 7) is 3.91. The number of aromatic amines is 1. The lowest BCUT2D eigenvalue weighted by Gasteiger charge is -2.01. The Bertz CT molecular complexity index is 615. The Morgan fingerprint density at radius 3 is 2.83 bits per heavy atom. The zero-order valence-corrected chi connectivity index (χ0v) is 10.8. The molecule has 0 radical (unpaired) electrons. The number of rotatable bonds is 4. The predicted molar refractivity (Wildman–Crippen MR) is 66.9 cm³/mol. The van der Waals surface area contributed by atoms with Crippen LogP contribution in [0.3, 0.4) is 0 Å². The highest BCUT2D eigenvalue weighted by molar-refractivity contribution is 7.99. The van der Waals surface area contributed by atoms with Gasteiger partial charge in [0.15, 0.2) is 10.9 Å². The monoisotopic (exact) mass is 264 g/mol. The molecule has 0 fully saturated rings. The first-order chi connectivity index (χ1) is 8.61. The zero-order chi connectivity index (χ0) is 13.1. The molecular formula is C11H12N4O2S. The van der Waals surface area contributed by atoms with Gasteiger partial charge in [-0.25, -0.2) is 14.9 Å². The van der Waals surface area contributed by atoms with Gasteiger partial charge < -0.3 is 0 Å². The molecule has 2 aromatic heterocycles. The number of pyridine rings is 1. The normalized spacial score (nSPS) is 10.6. The molecule has 0 aliphatic rings. The summed E-state index contributed by atoms with van der Waals surface area (Å²) in [7, 11) is 0. The van der Waals surface area contributed by atoms with E-state index in [4.69, 9.17) is 0 Å². The average molecular weight is 264 g/mol. The summed E-state index contributed by atoms with van der Waals surface area (Å²) in [4.78, 5) is 26.6. The van der Waals surface area contributed by atoms with Crippen LogP contribution in [0.25, 0.3) is 0 Å². The third-order valence-corrected chi connectivity index (χ3v) is 3.32. The maximum Gasteiger partial charge on any atom is 0.343 e. The molecule has 7 heteroatoms. The smallest absolute Gasteiger partial charge is 0.294 e. The van der Waals surface area contributed by atoms with Gasteiger partial charge in [-0.05, 0) is 37.7 Å².